The second kappa shape index (κ2) is 17.3. The number of ether oxygens (including phenoxy) is 1. The molecule has 2 amide bonds. The average Bonchev–Trinajstić information content (AvgIpc) is 3.43. The predicted octanol–water partition coefficient (Wildman–Crippen LogP) is 3.21. The molecule has 19 nitrogen and oxygen atoms in total. The fraction of sp³-hybridized carbons (Fsp3) is 0.357. The van der Waals surface area contributed by atoms with Crippen molar-refractivity contribution in [1.82, 2.24) is 9.64 Å². The number of hydrogen-bond acceptors (Lipinski definition) is 14. The van der Waals surface area contributed by atoms with Crippen LogP contribution in [-0.4, -0.2) is 110 Å². The quantitative estimate of drug-likeness (QED) is 0.130. The predicted molar refractivity (Wildman–Crippen MR) is 234 cm³/mol. The fourth-order valence-corrected chi connectivity index (χ4v) is 9.89. The van der Waals surface area contributed by atoms with E-state index in [4.69, 9.17) is 4.74 Å². The maximum atomic E-state index is 13.5. The number of hydrogen-bond donors (Lipinski definition) is 3. The third-order valence-corrected chi connectivity index (χ3v) is 13.0. The fourth-order valence-electron chi connectivity index (χ4n) is 7.76. The van der Waals surface area contributed by atoms with E-state index in [1.54, 1.807) is 51.8 Å². The minimum atomic E-state index is -5.20. The lowest BCUT2D eigenvalue weighted by molar-refractivity contribution is -0.195. The van der Waals surface area contributed by atoms with Crippen LogP contribution in [0.15, 0.2) is 59.5 Å². The van der Waals surface area contributed by atoms with Crippen molar-refractivity contribution in [3.63, 3.8) is 0 Å². The van der Waals surface area contributed by atoms with Crippen LogP contribution in [0.1, 0.15) is 94.9 Å². The van der Waals surface area contributed by atoms with Crippen molar-refractivity contribution >= 4 is 76.5 Å². The highest BCUT2D eigenvalue weighted by Gasteiger charge is 2.42. The number of rotatable bonds is 8. The Balaban J connectivity index is 0.000000605. The number of anilines is 1. The van der Waals surface area contributed by atoms with Crippen molar-refractivity contribution < 1.29 is 72.8 Å². The topological polar surface area (TPSA) is 282 Å². The van der Waals surface area contributed by atoms with Crippen LogP contribution < -0.4 is 24.8 Å². The molecule has 4 aliphatic heterocycles. The SMILES string of the molecule is C.C.CC(=O)ON1C(=O)CCC1=O.CN1c2cc3c(cc2C(CS(=O)(=O)[O-])=CC1(C)C)C(c1ccccc1C(=O)O)=c1cc2c(c(S(=O)(=O)O)c1O3)=[N+](C)C(C)(C)C=C2CS(=O)(=O)O. The molecule has 3 aromatic rings. The van der Waals surface area contributed by atoms with E-state index in [1.807, 2.05) is 0 Å². The number of nitrogens with zero attached hydrogens (tertiary/aromatic N) is 3. The maximum Gasteiger partial charge on any atom is 0.336 e. The van der Waals surface area contributed by atoms with Crippen LogP contribution in [0.25, 0.3) is 16.7 Å². The van der Waals surface area contributed by atoms with E-state index < -0.39 is 81.6 Å². The van der Waals surface area contributed by atoms with Gasteiger partial charge in [0.25, 0.3) is 21.9 Å². The van der Waals surface area contributed by atoms with Gasteiger partial charge in [-0.2, -0.15) is 16.8 Å². The molecule has 22 heteroatoms. The first-order valence-electron chi connectivity index (χ1n) is 18.5. The molecule has 0 unspecified atom stereocenters. The lowest BCUT2D eigenvalue weighted by Crippen LogP contribution is -2.49. The normalized spacial score (nSPS) is 17.1. The number of carboxylic acids is 1. The molecule has 0 saturated carbocycles. The summed E-state index contributed by atoms with van der Waals surface area (Å²) in [6.45, 7) is 8.06. The first kappa shape index (κ1) is 50.9. The van der Waals surface area contributed by atoms with Gasteiger partial charge in [-0.3, -0.25) is 18.7 Å². The van der Waals surface area contributed by atoms with Gasteiger partial charge in [-0.1, -0.05) is 39.1 Å². The highest BCUT2D eigenvalue weighted by atomic mass is 32.2. The van der Waals surface area contributed by atoms with Gasteiger partial charge >= 0.3 is 22.1 Å². The molecule has 3 N–H and O–H groups in total. The van der Waals surface area contributed by atoms with E-state index in [0.29, 0.717) is 16.3 Å². The van der Waals surface area contributed by atoms with Crippen molar-refractivity contribution in [1.29, 1.82) is 0 Å². The van der Waals surface area contributed by atoms with Crippen LogP contribution >= 0.6 is 0 Å². The van der Waals surface area contributed by atoms with Gasteiger partial charge in [0, 0.05) is 74.3 Å². The zero-order chi connectivity index (χ0) is 46.2. The summed E-state index contributed by atoms with van der Waals surface area (Å²) in [6.07, 6.45) is 3.43. The number of imide groups is 1. The highest BCUT2D eigenvalue weighted by Crippen LogP contribution is 2.47. The molecule has 1 fully saturated rings. The van der Waals surface area contributed by atoms with E-state index in [0.717, 1.165) is 6.92 Å². The first-order valence-corrected chi connectivity index (χ1v) is 23.1. The van der Waals surface area contributed by atoms with Crippen LogP contribution in [-0.2, 0) is 49.6 Å². The molecule has 3 aromatic carbocycles. The summed E-state index contributed by atoms with van der Waals surface area (Å²) in [5, 5.41) is 10.6. The number of hydroxylamine groups is 2. The van der Waals surface area contributed by atoms with Gasteiger partial charge in [-0.15, -0.1) is 5.06 Å². The smallest absolute Gasteiger partial charge is 0.336 e. The van der Waals surface area contributed by atoms with Gasteiger partial charge in [-0.25, -0.2) is 22.6 Å². The Labute approximate surface area is 370 Å². The summed E-state index contributed by atoms with van der Waals surface area (Å²) in [7, 11) is -11.4. The third kappa shape index (κ3) is 9.81. The standard InChI is InChI=1S/C34H34N2O12S3.C6H7NO4.2CH4/c1-33(2)14-18(16-49(39,40)41)22-11-24-27(13-26(22)35(33)5)48-30-25(28(24)20-9-7-8-10-21(20)32(37)38)12-23-19(17-50(42,43)44)15-34(3,4)36(6)29(23)31(30)51(45,46)47;1-4(8)11-7-5(9)2-3-6(7)10;;/h7-15H,16-17H2,1-6H3,(H3-,37,38,39,40,41,42,43,44,45,46,47);2-3H2,1H3;2*1H4. The van der Waals surface area contributed by atoms with Gasteiger partial charge < -0.3 is 24.1 Å². The molecule has 7 rings (SSSR count). The summed E-state index contributed by atoms with van der Waals surface area (Å²) >= 11 is 0. The van der Waals surface area contributed by atoms with Crippen LogP contribution in [0.3, 0.4) is 0 Å². The first-order chi connectivity index (χ1) is 28.4. The maximum absolute atomic E-state index is 13.5. The number of amides is 2. The molecule has 1 saturated heterocycles. The van der Waals surface area contributed by atoms with Crippen LogP contribution in [0.5, 0.6) is 11.5 Å². The summed E-state index contributed by atoms with van der Waals surface area (Å²) in [4.78, 5) is 49.8. The molecular formula is C42H49N3O16S3. The molecule has 4 aliphatic rings. The lowest BCUT2D eigenvalue weighted by atomic mass is 9.83. The molecule has 346 valence electrons. The van der Waals surface area contributed by atoms with E-state index in [1.165, 1.54) is 54.1 Å². The van der Waals surface area contributed by atoms with Gasteiger partial charge in [0.2, 0.25) is 10.3 Å². The molecule has 0 atom stereocenters. The van der Waals surface area contributed by atoms with Crippen molar-refractivity contribution in [2.45, 2.75) is 78.3 Å². The molecule has 0 radical (unpaired) electrons. The van der Waals surface area contributed by atoms with Crippen LogP contribution in [0.4, 0.5) is 5.69 Å². The Morgan fingerprint density at radius 1 is 0.859 bits per heavy atom. The second-order valence-electron chi connectivity index (χ2n) is 16.0. The van der Waals surface area contributed by atoms with Gasteiger partial charge in [0.1, 0.15) is 18.6 Å². The summed E-state index contributed by atoms with van der Waals surface area (Å²) in [5.41, 5.74) is -0.812. The summed E-state index contributed by atoms with van der Waals surface area (Å²) < 4.78 is 116. The van der Waals surface area contributed by atoms with Crippen LogP contribution in [0.2, 0.25) is 0 Å². The Hall–Kier alpha value is -5.78. The largest absolute Gasteiger partial charge is 0.748 e. The number of carboxylic acid groups (broad SMARTS) is 1. The summed E-state index contributed by atoms with van der Waals surface area (Å²) in [5.74, 6) is -5.06. The molecule has 0 aromatic heterocycles. The Morgan fingerprint density at radius 3 is 1.97 bits per heavy atom. The number of aromatic carboxylic acids is 1. The lowest BCUT2D eigenvalue weighted by Gasteiger charge is -2.42. The Morgan fingerprint density at radius 2 is 1.44 bits per heavy atom. The molecule has 0 bridgehead atoms. The van der Waals surface area contributed by atoms with Crippen molar-refractivity contribution in [2.24, 2.45) is 0 Å². The number of carbonyl (C=O) groups is 4. The van der Waals surface area contributed by atoms with E-state index in [2.05, 4.69) is 4.84 Å². The molecule has 0 spiro atoms. The minimum Gasteiger partial charge on any atom is -0.748 e. The Bertz CT molecular complexity index is 3060. The second-order valence-corrected chi connectivity index (χ2v) is 20.2. The Kier molecular flexibility index (Phi) is 13.8. The van der Waals surface area contributed by atoms with Crippen LogP contribution in [0, 0.1) is 0 Å². The molecular weight excluding hydrogens is 899 g/mol. The van der Waals surface area contributed by atoms with Gasteiger partial charge in [-0.05, 0) is 54.8 Å². The molecule has 0 aliphatic carbocycles. The zero-order valence-electron chi connectivity index (χ0n) is 34.2. The molecule has 4 heterocycles. The van der Waals surface area contributed by atoms with Gasteiger partial charge in [0.15, 0.2) is 11.3 Å². The molecule has 64 heavy (non-hydrogen) atoms. The van der Waals surface area contributed by atoms with Crippen molar-refractivity contribution in [3.8, 4) is 11.5 Å². The minimum absolute atomic E-state index is 0. The zero-order valence-corrected chi connectivity index (χ0v) is 36.7. The third-order valence-electron chi connectivity index (χ3n) is 10.8. The number of likely N-dealkylation sites (N-methyl/N-ethyl adjacent to an activating group) is 2. The number of benzene rings is 3. The van der Waals surface area contributed by atoms with E-state index in [-0.39, 0.29) is 88.7 Å². The highest BCUT2D eigenvalue weighted by molar-refractivity contribution is 7.86. The van der Waals surface area contributed by atoms with E-state index in [9.17, 15) is 63.2 Å². The summed E-state index contributed by atoms with van der Waals surface area (Å²) in [6, 6.07) is 10.3. The van der Waals surface area contributed by atoms with Gasteiger partial charge in [0.05, 0.1) is 32.5 Å². The monoisotopic (exact) mass is 947 g/mol. The number of fused-ring (bicyclic) bond motifs is 4. The van der Waals surface area contributed by atoms with E-state index >= 15 is 0 Å². The number of carbonyl (C=O) groups excluding carboxylic acids is 3. The van der Waals surface area contributed by atoms with Crippen molar-refractivity contribution in [3.05, 3.63) is 93.0 Å². The average molecular weight is 948 g/mol. The van der Waals surface area contributed by atoms with Crippen molar-refractivity contribution in [2.75, 3.05) is 30.5 Å².